The minimum Gasteiger partial charge on any atom is -0.330 e. The van der Waals surface area contributed by atoms with Gasteiger partial charge in [-0.15, -0.1) is 11.3 Å². The van der Waals surface area contributed by atoms with E-state index in [1.807, 2.05) is 6.08 Å². The van der Waals surface area contributed by atoms with Crippen molar-refractivity contribution in [1.29, 1.82) is 0 Å². The Balaban J connectivity index is 2.84. The van der Waals surface area contributed by atoms with Gasteiger partial charge in [0.1, 0.15) is 0 Å². The van der Waals surface area contributed by atoms with Gasteiger partial charge >= 0.3 is 0 Å². The summed E-state index contributed by atoms with van der Waals surface area (Å²) in [5.41, 5.74) is 8.32. The molecule has 1 atom stereocenters. The van der Waals surface area contributed by atoms with Crippen LogP contribution < -0.4 is 5.73 Å². The van der Waals surface area contributed by atoms with Crippen LogP contribution in [0.3, 0.4) is 0 Å². The van der Waals surface area contributed by atoms with E-state index in [1.165, 1.54) is 16.0 Å². The van der Waals surface area contributed by atoms with E-state index in [0.29, 0.717) is 5.92 Å². The van der Waals surface area contributed by atoms with Gasteiger partial charge in [-0.25, -0.2) is 0 Å². The summed E-state index contributed by atoms with van der Waals surface area (Å²) in [6.07, 6.45) is 4.98. The molecule has 0 aliphatic heterocycles. The van der Waals surface area contributed by atoms with Gasteiger partial charge in [0.15, 0.2) is 0 Å². The largest absolute Gasteiger partial charge is 0.330 e. The van der Waals surface area contributed by atoms with Crippen LogP contribution in [0.4, 0.5) is 0 Å². The maximum atomic E-state index is 5.65. The molecule has 0 aliphatic carbocycles. The van der Waals surface area contributed by atoms with Gasteiger partial charge in [-0.3, -0.25) is 0 Å². The zero-order chi connectivity index (χ0) is 11.3. The maximum Gasteiger partial charge on any atom is 0.0305 e. The summed E-state index contributed by atoms with van der Waals surface area (Å²) in [6, 6.07) is 2.23. The standard InChI is InChI=1S/C13H19NS/c1-4-5-12(6-10(2)8-14)13-7-11(3)9-15-13/h4-5,7,9-10H,1,6,8,14H2,2-3H3/b12-5+. The van der Waals surface area contributed by atoms with Crippen LogP contribution in [-0.4, -0.2) is 6.54 Å². The molecule has 2 heteroatoms. The van der Waals surface area contributed by atoms with Gasteiger partial charge in [-0.05, 0) is 48.4 Å². The lowest BCUT2D eigenvalue weighted by Gasteiger charge is -2.10. The SMILES string of the molecule is C=C/C=C(\CC(C)CN)c1cc(C)cs1. The van der Waals surface area contributed by atoms with Crippen molar-refractivity contribution < 1.29 is 0 Å². The van der Waals surface area contributed by atoms with Gasteiger partial charge in [0, 0.05) is 4.88 Å². The Hall–Kier alpha value is -0.860. The molecule has 1 aromatic heterocycles. The maximum absolute atomic E-state index is 5.65. The highest BCUT2D eigenvalue weighted by Gasteiger charge is 2.07. The number of nitrogens with two attached hydrogens (primary N) is 1. The van der Waals surface area contributed by atoms with Crippen LogP contribution >= 0.6 is 11.3 Å². The van der Waals surface area contributed by atoms with Crippen LogP contribution in [0, 0.1) is 12.8 Å². The van der Waals surface area contributed by atoms with Crippen LogP contribution in [0.5, 0.6) is 0 Å². The Morgan fingerprint density at radius 3 is 2.87 bits per heavy atom. The molecule has 0 saturated heterocycles. The van der Waals surface area contributed by atoms with Gasteiger partial charge < -0.3 is 5.73 Å². The molecule has 0 amide bonds. The van der Waals surface area contributed by atoms with Crippen LogP contribution in [0.25, 0.3) is 5.57 Å². The summed E-state index contributed by atoms with van der Waals surface area (Å²) in [6.45, 7) is 8.80. The second kappa shape index (κ2) is 5.89. The monoisotopic (exact) mass is 221 g/mol. The first kappa shape index (κ1) is 12.2. The van der Waals surface area contributed by atoms with Gasteiger partial charge in [-0.2, -0.15) is 0 Å². The van der Waals surface area contributed by atoms with E-state index in [9.17, 15) is 0 Å². The van der Waals surface area contributed by atoms with E-state index < -0.39 is 0 Å². The minimum atomic E-state index is 0.526. The van der Waals surface area contributed by atoms with Crippen LogP contribution in [0.1, 0.15) is 23.8 Å². The molecule has 1 unspecified atom stereocenters. The number of allylic oxidation sites excluding steroid dienone is 3. The molecule has 0 saturated carbocycles. The lowest BCUT2D eigenvalue weighted by Crippen LogP contribution is -2.10. The number of aryl methyl sites for hydroxylation is 1. The van der Waals surface area contributed by atoms with Gasteiger partial charge in [0.25, 0.3) is 0 Å². The molecule has 0 spiro atoms. The molecule has 15 heavy (non-hydrogen) atoms. The van der Waals surface area contributed by atoms with E-state index in [1.54, 1.807) is 11.3 Å². The smallest absolute Gasteiger partial charge is 0.0305 e. The number of hydrogen-bond donors (Lipinski definition) is 1. The molecular weight excluding hydrogens is 202 g/mol. The van der Waals surface area contributed by atoms with Crippen LogP contribution in [0.2, 0.25) is 0 Å². The summed E-state index contributed by atoms with van der Waals surface area (Å²) >= 11 is 1.79. The average molecular weight is 221 g/mol. The predicted molar refractivity (Wildman–Crippen MR) is 70.1 cm³/mol. The van der Waals surface area contributed by atoms with Gasteiger partial charge in [0.05, 0.1) is 0 Å². The van der Waals surface area contributed by atoms with E-state index >= 15 is 0 Å². The van der Waals surface area contributed by atoms with Gasteiger partial charge in [0.2, 0.25) is 0 Å². The summed E-state index contributed by atoms with van der Waals surface area (Å²) < 4.78 is 0. The van der Waals surface area contributed by atoms with Crippen LogP contribution in [0.15, 0.2) is 30.2 Å². The molecule has 2 N–H and O–H groups in total. The normalized spacial score (nSPS) is 13.9. The Bertz CT molecular complexity index is 349. The molecule has 1 nitrogen and oxygen atoms in total. The zero-order valence-electron chi connectivity index (χ0n) is 9.49. The fourth-order valence-electron chi connectivity index (χ4n) is 1.45. The number of hydrogen-bond acceptors (Lipinski definition) is 2. The van der Waals surface area contributed by atoms with Crippen molar-refractivity contribution >= 4 is 16.9 Å². The molecule has 82 valence electrons. The molecular formula is C13H19NS. The lowest BCUT2D eigenvalue weighted by atomic mass is 9.99. The van der Waals surface area contributed by atoms with Crippen molar-refractivity contribution in [3.63, 3.8) is 0 Å². The molecule has 0 aromatic carbocycles. The van der Waals surface area contributed by atoms with Crippen molar-refractivity contribution in [2.45, 2.75) is 20.3 Å². The molecule has 1 heterocycles. The van der Waals surface area contributed by atoms with Crippen molar-refractivity contribution in [1.82, 2.24) is 0 Å². The first-order valence-corrected chi connectivity index (χ1v) is 6.12. The second-order valence-electron chi connectivity index (χ2n) is 3.96. The summed E-state index contributed by atoms with van der Waals surface area (Å²) in [5, 5.41) is 2.18. The predicted octanol–water partition coefficient (Wildman–Crippen LogP) is 3.61. The van der Waals surface area contributed by atoms with Crippen LogP contribution in [-0.2, 0) is 0 Å². The third-order valence-electron chi connectivity index (χ3n) is 2.34. The van der Waals surface area contributed by atoms with E-state index in [2.05, 4.69) is 37.9 Å². The Morgan fingerprint density at radius 1 is 1.67 bits per heavy atom. The van der Waals surface area contributed by atoms with Crippen molar-refractivity contribution in [2.75, 3.05) is 6.54 Å². The molecule has 0 bridgehead atoms. The molecule has 0 aliphatic rings. The highest BCUT2D eigenvalue weighted by atomic mass is 32.1. The quantitative estimate of drug-likeness (QED) is 0.755. The average Bonchev–Trinajstić information content (AvgIpc) is 2.64. The van der Waals surface area contributed by atoms with E-state index in [-0.39, 0.29) is 0 Å². The Morgan fingerprint density at radius 2 is 2.40 bits per heavy atom. The summed E-state index contributed by atoms with van der Waals surface area (Å²) in [5.74, 6) is 0.526. The highest BCUT2D eigenvalue weighted by Crippen LogP contribution is 2.28. The van der Waals surface area contributed by atoms with Crippen molar-refractivity contribution in [3.8, 4) is 0 Å². The third kappa shape index (κ3) is 3.65. The first-order chi connectivity index (χ1) is 7.17. The number of thiophene rings is 1. The second-order valence-corrected chi connectivity index (χ2v) is 4.87. The molecule has 0 fully saturated rings. The lowest BCUT2D eigenvalue weighted by molar-refractivity contribution is 0.614. The Kier molecular flexibility index (Phi) is 4.79. The third-order valence-corrected chi connectivity index (χ3v) is 3.46. The van der Waals surface area contributed by atoms with E-state index in [0.717, 1.165) is 13.0 Å². The number of rotatable bonds is 5. The Labute approximate surface area is 96.3 Å². The van der Waals surface area contributed by atoms with E-state index in [4.69, 9.17) is 5.73 Å². The fourth-order valence-corrected chi connectivity index (χ4v) is 2.39. The topological polar surface area (TPSA) is 26.0 Å². The van der Waals surface area contributed by atoms with Crippen molar-refractivity contribution in [2.24, 2.45) is 11.7 Å². The minimum absolute atomic E-state index is 0.526. The zero-order valence-corrected chi connectivity index (χ0v) is 10.3. The first-order valence-electron chi connectivity index (χ1n) is 5.24. The summed E-state index contributed by atoms with van der Waals surface area (Å²) in [4.78, 5) is 1.34. The molecule has 1 aromatic rings. The summed E-state index contributed by atoms with van der Waals surface area (Å²) in [7, 11) is 0. The fraction of sp³-hybridized carbons (Fsp3) is 0.385. The van der Waals surface area contributed by atoms with Gasteiger partial charge in [-0.1, -0.05) is 25.7 Å². The van der Waals surface area contributed by atoms with Crippen molar-refractivity contribution in [3.05, 3.63) is 40.6 Å². The molecule has 0 radical (unpaired) electrons. The highest BCUT2D eigenvalue weighted by molar-refractivity contribution is 7.11. The molecule has 1 rings (SSSR count).